The third kappa shape index (κ3) is 2.97. The fraction of sp³-hybridized carbons (Fsp3) is 0.769. The van der Waals surface area contributed by atoms with E-state index in [1.54, 1.807) is 0 Å². The molecule has 96 valence electrons. The lowest BCUT2D eigenvalue weighted by Gasteiger charge is -2.25. The van der Waals surface area contributed by atoms with E-state index in [9.17, 15) is 0 Å². The van der Waals surface area contributed by atoms with E-state index in [4.69, 9.17) is 23.2 Å². The zero-order valence-corrected chi connectivity index (χ0v) is 12.1. The first-order valence-corrected chi connectivity index (χ1v) is 7.29. The van der Waals surface area contributed by atoms with Gasteiger partial charge in [-0.05, 0) is 45.4 Å². The second-order valence-corrected chi connectivity index (χ2v) is 5.99. The lowest BCUT2D eigenvalue weighted by atomic mass is 9.85. The summed E-state index contributed by atoms with van der Waals surface area (Å²) in [5.74, 6) is 0.671. The lowest BCUT2D eigenvalue weighted by Crippen LogP contribution is -2.19. The van der Waals surface area contributed by atoms with E-state index in [1.165, 1.54) is 18.5 Å². The van der Waals surface area contributed by atoms with Crippen LogP contribution in [0, 0.1) is 12.8 Å². The maximum absolute atomic E-state index is 6.33. The van der Waals surface area contributed by atoms with Crippen molar-refractivity contribution in [3.8, 4) is 0 Å². The summed E-state index contributed by atoms with van der Waals surface area (Å²) in [5.41, 5.74) is 2.14. The van der Waals surface area contributed by atoms with Crippen LogP contribution in [-0.2, 0) is 13.0 Å². The van der Waals surface area contributed by atoms with Gasteiger partial charge in [0.2, 0.25) is 0 Å². The van der Waals surface area contributed by atoms with Crippen LogP contribution in [0.25, 0.3) is 0 Å². The van der Waals surface area contributed by atoms with E-state index in [1.807, 2.05) is 11.6 Å². The molecule has 17 heavy (non-hydrogen) atoms. The van der Waals surface area contributed by atoms with E-state index < -0.39 is 0 Å². The molecule has 0 aromatic carbocycles. The van der Waals surface area contributed by atoms with Gasteiger partial charge in [-0.25, -0.2) is 0 Å². The SMILES string of the molecule is CCn1nc(C)c(Cl)c1CC1CCCC(Cl)C1. The highest BCUT2D eigenvalue weighted by Crippen LogP contribution is 2.32. The van der Waals surface area contributed by atoms with Gasteiger partial charge in [-0.1, -0.05) is 18.0 Å². The van der Waals surface area contributed by atoms with Crippen molar-refractivity contribution in [2.45, 2.75) is 57.9 Å². The Morgan fingerprint density at radius 2 is 2.18 bits per heavy atom. The monoisotopic (exact) mass is 274 g/mol. The summed E-state index contributed by atoms with van der Waals surface area (Å²) in [6.45, 7) is 4.97. The quantitative estimate of drug-likeness (QED) is 0.756. The van der Waals surface area contributed by atoms with Gasteiger partial charge in [-0.2, -0.15) is 5.10 Å². The number of rotatable bonds is 3. The second-order valence-electron chi connectivity index (χ2n) is 5.00. The summed E-state index contributed by atoms with van der Waals surface area (Å²) in [5, 5.41) is 5.67. The minimum absolute atomic E-state index is 0.353. The van der Waals surface area contributed by atoms with Crippen molar-refractivity contribution >= 4 is 23.2 Å². The van der Waals surface area contributed by atoms with E-state index in [-0.39, 0.29) is 0 Å². The molecule has 1 aromatic rings. The summed E-state index contributed by atoms with van der Waals surface area (Å²) < 4.78 is 2.04. The van der Waals surface area contributed by atoms with Gasteiger partial charge >= 0.3 is 0 Å². The van der Waals surface area contributed by atoms with Gasteiger partial charge in [0, 0.05) is 11.9 Å². The van der Waals surface area contributed by atoms with Gasteiger partial charge in [0.1, 0.15) is 0 Å². The summed E-state index contributed by atoms with van der Waals surface area (Å²) in [6, 6.07) is 0. The molecule has 1 aromatic heterocycles. The molecule has 2 atom stereocenters. The Balaban J connectivity index is 2.12. The average Bonchev–Trinajstić information content (AvgIpc) is 2.57. The first kappa shape index (κ1) is 13.2. The van der Waals surface area contributed by atoms with Crippen LogP contribution < -0.4 is 0 Å². The number of aromatic nitrogens is 2. The maximum Gasteiger partial charge on any atom is 0.0847 e. The third-order valence-corrected chi connectivity index (χ3v) is 4.54. The van der Waals surface area contributed by atoms with Gasteiger partial charge in [0.05, 0.1) is 16.4 Å². The molecule has 1 aliphatic rings. The molecule has 1 fully saturated rings. The fourth-order valence-corrected chi connectivity index (χ4v) is 3.37. The first-order valence-electron chi connectivity index (χ1n) is 6.47. The van der Waals surface area contributed by atoms with Crippen molar-refractivity contribution in [1.29, 1.82) is 0 Å². The molecule has 0 amide bonds. The van der Waals surface area contributed by atoms with E-state index in [2.05, 4.69) is 12.0 Å². The van der Waals surface area contributed by atoms with Crippen molar-refractivity contribution in [3.63, 3.8) is 0 Å². The molecule has 1 heterocycles. The second kappa shape index (κ2) is 5.62. The Morgan fingerprint density at radius 3 is 2.82 bits per heavy atom. The topological polar surface area (TPSA) is 17.8 Å². The molecule has 2 rings (SSSR count). The molecule has 0 spiro atoms. The van der Waals surface area contributed by atoms with Gasteiger partial charge in [0.15, 0.2) is 0 Å². The molecule has 0 N–H and O–H groups in total. The molecule has 0 radical (unpaired) electrons. The van der Waals surface area contributed by atoms with Crippen molar-refractivity contribution in [3.05, 3.63) is 16.4 Å². The minimum atomic E-state index is 0.353. The van der Waals surface area contributed by atoms with Crippen LogP contribution in [0.1, 0.15) is 44.0 Å². The number of hydrogen-bond acceptors (Lipinski definition) is 1. The normalized spacial score (nSPS) is 25.2. The summed E-state index contributed by atoms with van der Waals surface area (Å²) in [6.07, 6.45) is 5.82. The molecule has 1 aliphatic carbocycles. The van der Waals surface area contributed by atoms with Crippen LogP contribution in [0.2, 0.25) is 5.02 Å². The van der Waals surface area contributed by atoms with E-state index in [0.29, 0.717) is 11.3 Å². The Bertz CT molecular complexity index is 387. The average molecular weight is 275 g/mol. The van der Waals surface area contributed by atoms with Crippen molar-refractivity contribution in [1.82, 2.24) is 9.78 Å². The zero-order chi connectivity index (χ0) is 12.4. The molecule has 1 saturated carbocycles. The highest BCUT2D eigenvalue weighted by atomic mass is 35.5. The van der Waals surface area contributed by atoms with Crippen LogP contribution in [0.15, 0.2) is 0 Å². The lowest BCUT2D eigenvalue weighted by molar-refractivity contribution is 0.353. The highest BCUT2D eigenvalue weighted by Gasteiger charge is 2.23. The number of halogens is 2. The smallest absolute Gasteiger partial charge is 0.0847 e. The molecule has 4 heteroatoms. The van der Waals surface area contributed by atoms with Crippen molar-refractivity contribution < 1.29 is 0 Å². The number of hydrogen-bond donors (Lipinski definition) is 0. The molecular formula is C13H20Cl2N2. The van der Waals surface area contributed by atoms with Crippen LogP contribution >= 0.6 is 23.2 Å². The molecule has 0 bridgehead atoms. The zero-order valence-electron chi connectivity index (χ0n) is 10.5. The summed E-state index contributed by atoms with van der Waals surface area (Å²) in [4.78, 5) is 0. The number of aryl methyl sites for hydroxylation is 2. The maximum atomic E-state index is 6.33. The third-order valence-electron chi connectivity index (χ3n) is 3.65. The number of nitrogens with zero attached hydrogens (tertiary/aromatic N) is 2. The van der Waals surface area contributed by atoms with Crippen LogP contribution in [0.3, 0.4) is 0 Å². The van der Waals surface area contributed by atoms with Crippen LogP contribution in [0.5, 0.6) is 0 Å². The van der Waals surface area contributed by atoms with Crippen LogP contribution in [-0.4, -0.2) is 15.2 Å². The molecular weight excluding hydrogens is 255 g/mol. The summed E-state index contributed by atoms with van der Waals surface area (Å²) in [7, 11) is 0. The molecule has 0 aliphatic heterocycles. The predicted octanol–water partition coefficient (Wildman–Crippen LogP) is 4.20. The standard InChI is InChI=1S/C13H20Cl2N2/c1-3-17-12(13(15)9(2)16-17)8-10-5-4-6-11(14)7-10/h10-11H,3-8H2,1-2H3. The van der Waals surface area contributed by atoms with Crippen LogP contribution in [0.4, 0.5) is 0 Å². The van der Waals surface area contributed by atoms with Crippen molar-refractivity contribution in [2.75, 3.05) is 0 Å². The van der Waals surface area contributed by atoms with Gasteiger partial charge in [-0.3, -0.25) is 4.68 Å². The molecule has 0 saturated heterocycles. The minimum Gasteiger partial charge on any atom is -0.268 e. The van der Waals surface area contributed by atoms with Gasteiger partial charge < -0.3 is 0 Å². The Morgan fingerprint density at radius 1 is 1.41 bits per heavy atom. The van der Waals surface area contributed by atoms with Crippen molar-refractivity contribution in [2.24, 2.45) is 5.92 Å². The Hall–Kier alpha value is -0.210. The highest BCUT2D eigenvalue weighted by molar-refractivity contribution is 6.31. The first-order chi connectivity index (χ1) is 8.11. The van der Waals surface area contributed by atoms with Gasteiger partial charge in [-0.15, -0.1) is 11.6 Å². The van der Waals surface area contributed by atoms with E-state index in [0.717, 1.165) is 36.5 Å². The predicted molar refractivity (Wildman–Crippen MR) is 73.0 cm³/mol. The van der Waals surface area contributed by atoms with E-state index >= 15 is 0 Å². The number of alkyl halides is 1. The largest absolute Gasteiger partial charge is 0.268 e. The molecule has 2 nitrogen and oxygen atoms in total. The molecule has 2 unspecified atom stereocenters. The summed E-state index contributed by atoms with van der Waals surface area (Å²) >= 11 is 12.6. The van der Waals surface area contributed by atoms with Gasteiger partial charge in [0.25, 0.3) is 0 Å². The fourth-order valence-electron chi connectivity index (χ4n) is 2.75. The Labute approximate surface area is 113 Å². The Kier molecular flexibility index (Phi) is 4.37.